The lowest BCUT2D eigenvalue weighted by Gasteiger charge is -2.27. The number of anilines is 1. The fraction of sp³-hybridized carbons (Fsp3) is 0.250. The molecule has 5 nitrogen and oxygen atoms in total. The Balaban J connectivity index is 1.70. The number of para-hydroxylation sites is 1. The largest absolute Gasteiger partial charge is 0.339 e. The Morgan fingerprint density at radius 3 is 2.39 bits per heavy atom. The number of nitrogens with zero attached hydrogens (tertiary/aromatic N) is 1. The highest BCUT2D eigenvalue weighted by Crippen LogP contribution is 2.22. The van der Waals surface area contributed by atoms with Crippen LogP contribution in [0, 0.1) is 0 Å². The van der Waals surface area contributed by atoms with E-state index in [2.05, 4.69) is 10.6 Å². The van der Waals surface area contributed by atoms with Gasteiger partial charge in [0.05, 0.1) is 21.8 Å². The fourth-order valence-corrected chi connectivity index (χ4v) is 3.74. The van der Waals surface area contributed by atoms with Gasteiger partial charge in [-0.2, -0.15) is 0 Å². The summed E-state index contributed by atoms with van der Waals surface area (Å²) in [7, 11) is 0. The molecular formula is C20H19Cl2N3O2S. The van der Waals surface area contributed by atoms with Crippen molar-refractivity contribution in [3.05, 3.63) is 63.6 Å². The van der Waals surface area contributed by atoms with Crippen LogP contribution in [-0.4, -0.2) is 34.9 Å². The van der Waals surface area contributed by atoms with Gasteiger partial charge >= 0.3 is 0 Å². The van der Waals surface area contributed by atoms with E-state index in [0.717, 1.165) is 32.4 Å². The predicted octanol–water partition coefficient (Wildman–Crippen LogP) is 4.75. The number of nitrogens with one attached hydrogen (secondary N) is 2. The summed E-state index contributed by atoms with van der Waals surface area (Å²) in [5, 5.41) is 6.27. The zero-order chi connectivity index (χ0) is 20.1. The molecule has 146 valence electrons. The second-order valence-corrected chi connectivity index (χ2v) is 7.68. The van der Waals surface area contributed by atoms with Crippen LogP contribution in [0.25, 0.3) is 0 Å². The average molecular weight is 436 g/mol. The van der Waals surface area contributed by atoms with Crippen LogP contribution >= 0.6 is 35.4 Å². The molecule has 1 fully saturated rings. The van der Waals surface area contributed by atoms with Crippen LogP contribution < -0.4 is 10.6 Å². The number of halogens is 2. The molecular weight excluding hydrogens is 417 g/mol. The van der Waals surface area contributed by atoms with Gasteiger partial charge in [-0.1, -0.05) is 35.3 Å². The first-order valence-electron chi connectivity index (χ1n) is 8.91. The summed E-state index contributed by atoms with van der Waals surface area (Å²) in [5.74, 6) is -0.503. The summed E-state index contributed by atoms with van der Waals surface area (Å²) in [6.45, 7) is 1.51. The van der Waals surface area contributed by atoms with Crippen molar-refractivity contribution in [2.45, 2.75) is 19.3 Å². The molecule has 1 aliphatic rings. The number of thiocarbonyl (C=S) groups is 1. The van der Waals surface area contributed by atoms with E-state index in [0.29, 0.717) is 16.3 Å². The molecule has 0 spiro atoms. The lowest BCUT2D eigenvalue weighted by molar-refractivity contribution is 0.0725. The maximum atomic E-state index is 12.8. The van der Waals surface area contributed by atoms with E-state index in [1.54, 1.807) is 30.3 Å². The highest BCUT2D eigenvalue weighted by atomic mass is 35.5. The standard InChI is InChI=1S/C20H19Cl2N3O2S/c21-13-8-9-14(16(22)12-13)18(26)24-20(28)23-17-7-3-2-6-15(17)19(27)25-10-4-1-5-11-25/h2-3,6-9,12H,1,4-5,10-11H2,(H2,23,24,26,28). The van der Waals surface area contributed by atoms with Crippen molar-refractivity contribution in [3.8, 4) is 0 Å². The van der Waals surface area contributed by atoms with Gasteiger partial charge in [0, 0.05) is 18.1 Å². The minimum absolute atomic E-state index is 0.0438. The van der Waals surface area contributed by atoms with Crippen molar-refractivity contribution in [2.24, 2.45) is 0 Å². The van der Waals surface area contributed by atoms with Gasteiger partial charge in [-0.25, -0.2) is 0 Å². The molecule has 0 bridgehead atoms. The average Bonchev–Trinajstić information content (AvgIpc) is 2.68. The zero-order valence-corrected chi connectivity index (χ0v) is 17.3. The van der Waals surface area contributed by atoms with E-state index < -0.39 is 5.91 Å². The monoisotopic (exact) mass is 435 g/mol. The Kier molecular flexibility index (Phi) is 6.88. The second kappa shape index (κ2) is 9.37. The van der Waals surface area contributed by atoms with Crippen LogP contribution in [0.1, 0.15) is 40.0 Å². The molecule has 3 rings (SSSR count). The van der Waals surface area contributed by atoms with Crippen molar-refractivity contribution in [1.82, 2.24) is 10.2 Å². The van der Waals surface area contributed by atoms with E-state index in [9.17, 15) is 9.59 Å². The number of hydrogen-bond acceptors (Lipinski definition) is 3. The third-order valence-electron chi connectivity index (χ3n) is 4.45. The summed E-state index contributed by atoms with van der Waals surface area (Å²) in [5.41, 5.74) is 1.32. The summed E-state index contributed by atoms with van der Waals surface area (Å²) in [6.07, 6.45) is 3.17. The minimum Gasteiger partial charge on any atom is -0.339 e. The number of amides is 2. The second-order valence-electron chi connectivity index (χ2n) is 6.43. The summed E-state index contributed by atoms with van der Waals surface area (Å²) in [6, 6.07) is 11.7. The first kappa shape index (κ1) is 20.6. The molecule has 8 heteroatoms. The van der Waals surface area contributed by atoms with Gasteiger partial charge in [0.25, 0.3) is 11.8 Å². The van der Waals surface area contributed by atoms with Crippen molar-refractivity contribution < 1.29 is 9.59 Å². The lowest BCUT2D eigenvalue weighted by Crippen LogP contribution is -2.37. The van der Waals surface area contributed by atoms with Gasteiger partial charge in [0.15, 0.2) is 5.11 Å². The minimum atomic E-state index is -0.459. The van der Waals surface area contributed by atoms with E-state index in [-0.39, 0.29) is 21.6 Å². The SMILES string of the molecule is O=C(NC(=S)Nc1ccccc1C(=O)N1CCCCC1)c1ccc(Cl)cc1Cl. The molecule has 2 aromatic rings. The molecule has 2 aromatic carbocycles. The topological polar surface area (TPSA) is 61.4 Å². The Labute approximate surface area is 179 Å². The van der Waals surface area contributed by atoms with Gasteiger partial charge in [-0.05, 0) is 61.8 Å². The number of hydrogen-bond donors (Lipinski definition) is 2. The molecule has 0 aliphatic carbocycles. The Morgan fingerprint density at radius 1 is 0.964 bits per heavy atom. The summed E-state index contributed by atoms with van der Waals surface area (Å²) >= 11 is 17.2. The van der Waals surface area contributed by atoms with Crippen molar-refractivity contribution in [2.75, 3.05) is 18.4 Å². The highest BCUT2D eigenvalue weighted by Gasteiger charge is 2.21. The van der Waals surface area contributed by atoms with E-state index in [1.807, 2.05) is 4.90 Å². The predicted molar refractivity (Wildman–Crippen MR) is 116 cm³/mol. The van der Waals surface area contributed by atoms with Crippen LogP contribution in [0.4, 0.5) is 5.69 Å². The molecule has 0 unspecified atom stereocenters. The third kappa shape index (κ3) is 5.01. The number of carbonyl (C=O) groups is 2. The lowest BCUT2D eigenvalue weighted by atomic mass is 10.1. The molecule has 28 heavy (non-hydrogen) atoms. The number of carbonyl (C=O) groups excluding carboxylic acids is 2. The van der Waals surface area contributed by atoms with Crippen LogP contribution in [0.15, 0.2) is 42.5 Å². The van der Waals surface area contributed by atoms with E-state index >= 15 is 0 Å². The van der Waals surface area contributed by atoms with Gasteiger partial charge in [0.1, 0.15) is 0 Å². The molecule has 0 radical (unpaired) electrons. The maximum Gasteiger partial charge on any atom is 0.258 e. The molecule has 2 N–H and O–H groups in total. The number of rotatable bonds is 3. The Morgan fingerprint density at radius 2 is 1.68 bits per heavy atom. The van der Waals surface area contributed by atoms with Crippen LogP contribution in [0.3, 0.4) is 0 Å². The first-order chi connectivity index (χ1) is 13.5. The fourth-order valence-electron chi connectivity index (χ4n) is 3.04. The van der Waals surface area contributed by atoms with Crippen molar-refractivity contribution >= 4 is 58.0 Å². The Hall–Kier alpha value is -2.15. The van der Waals surface area contributed by atoms with Gasteiger partial charge in [0.2, 0.25) is 0 Å². The zero-order valence-electron chi connectivity index (χ0n) is 15.0. The normalized spacial score (nSPS) is 13.7. The number of likely N-dealkylation sites (tertiary alicyclic amines) is 1. The van der Waals surface area contributed by atoms with Crippen LogP contribution in [0.2, 0.25) is 10.0 Å². The van der Waals surface area contributed by atoms with Gasteiger partial charge in [-0.15, -0.1) is 0 Å². The highest BCUT2D eigenvalue weighted by molar-refractivity contribution is 7.80. The number of piperidine rings is 1. The Bertz CT molecular complexity index is 914. The molecule has 0 atom stereocenters. The number of benzene rings is 2. The van der Waals surface area contributed by atoms with Gasteiger partial charge < -0.3 is 10.2 Å². The summed E-state index contributed by atoms with van der Waals surface area (Å²) in [4.78, 5) is 27.1. The smallest absolute Gasteiger partial charge is 0.258 e. The van der Waals surface area contributed by atoms with Gasteiger partial charge in [-0.3, -0.25) is 14.9 Å². The summed E-state index contributed by atoms with van der Waals surface area (Å²) < 4.78 is 0. The molecule has 1 saturated heterocycles. The molecule has 0 saturated carbocycles. The third-order valence-corrected chi connectivity index (χ3v) is 5.20. The molecule has 1 aliphatic heterocycles. The van der Waals surface area contributed by atoms with E-state index in [4.69, 9.17) is 35.4 Å². The molecule has 2 amide bonds. The van der Waals surface area contributed by atoms with E-state index in [1.165, 1.54) is 12.1 Å². The van der Waals surface area contributed by atoms with Crippen molar-refractivity contribution in [3.63, 3.8) is 0 Å². The first-order valence-corrected chi connectivity index (χ1v) is 10.1. The van der Waals surface area contributed by atoms with Crippen LogP contribution in [-0.2, 0) is 0 Å². The maximum absolute atomic E-state index is 12.8. The molecule has 0 aromatic heterocycles. The quantitative estimate of drug-likeness (QED) is 0.682. The van der Waals surface area contributed by atoms with Crippen LogP contribution in [0.5, 0.6) is 0 Å². The molecule has 1 heterocycles. The van der Waals surface area contributed by atoms with Crippen molar-refractivity contribution in [1.29, 1.82) is 0 Å².